The molecule has 0 aliphatic carbocycles. The van der Waals surface area contributed by atoms with Crippen molar-refractivity contribution in [1.29, 1.82) is 0 Å². The second-order valence-electron chi connectivity index (χ2n) is 0.967. The van der Waals surface area contributed by atoms with Crippen LogP contribution < -0.4 is 34.7 Å². The van der Waals surface area contributed by atoms with Crippen LogP contribution in [0.1, 0.15) is 6.42 Å². The zero-order chi connectivity index (χ0) is 5.86. The van der Waals surface area contributed by atoms with Crippen molar-refractivity contribution >= 4 is 29.2 Å². The number of carbonyl (C=O) groups excluding carboxylic acids is 1. The van der Waals surface area contributed by atoms with Crippen LogP contribution in [-0.4, -0.2) is 10.8 Å². The molecular formula is C3H3Cl2NaO2. The predicted molar refractivity (Wildman–Crippen MR) is 25.1 cm³/mol. The van der Waals surface area contributed by atoms with Crippen molar-refractivity contribution in [2.75, 3.05) is 0 Å². The van der Waals surface area contributed by atoms with Gasteiger partial charge in [-0.2, -0.15) is 0 Å². The van der Waals surface area contributed by atoms with Gasteiger partial charge in [0, 0.05) is 12.4 Å². The van der Waals surface area contributed by atoms with E-state index < -0.39 is 10.8 Å². The van der Waals surface area contributed by atoms with Gasteiger partial charge in [0.1, 0.15) is 4.84 Å². The Morgan fingerprint density at radius 1 is 1.62 bits per heavy atom. The molecule has 2 nitrogen and oxygen atoms in total. The zero-order valence-electron chi connectivity index (χ0n) is 4.36. The molecule has 0 amide bonds. The van der Waals surface area contributed by atoms with Crippen molar-refractivity contribution in [1.82, 2.24) is 0 Å². The van der Waals surface area contributed by atoms with Crippen LogP contribution in [-0.2, 0) is 4.79 Å². The fourth-order valence-electron chi connectivity index (χ4n) is 0.126. The maximum absolute atomic E-state index is 9.53. The van der Waals surface area contributed by atoms with Crippen LogP contribution in [0.15, 0.2) is 0 Å². The molecule has 42 valence electrons. The molecule has 5 heteroatoms. The maximum atomic E-state index is 9.53. The molecule has 0 spiro atoms. The minimum atomic E-state index is -1.23. The Balaban J connectivity index is 0. The molecule has 0 heterocycles. The van der Waals surface area contributed by atoms with Crippen molar-refractivity contribution < 1.29 is 39.5 Å². The first-order valence-corrected chi connectivity index (χ1v) is 2.48. The monoisotopic (exact) mass is 164 g/mol. The van der Waals surface area contributed by atoms with Gasteiger partial charge >= 0.3 is 29.6 Å². The Morgan fingerprint density at radius 2 is 2.00 bits per heavy atom. The average molecular weight is 165 g/mol. The van der Waals surface area contributed by atoms with Crippen LogP contribution in [0, 0.1) is 0 Å². The number of halogens is 2. The van der Waals surface area contributed by atoms with Crippen molar-refractivity contribution in [2.24, 2.45) is 0 Å². The summed E-state index contributed by atoms with van der Waals surface area (Å²) < 4.78 is 0. The molecule has 0 unspecified atom stereocenters. The van der Waals surface area contributed by atoms with Crippen LogP contribution in [0.25, 0.3) is 0 Å². The zero-order valence-corrected chi connectivity index (χ0v) is 7.87. The summed E-state index contributed by atoms with van der Waals surface area (Å²) in [6.45, 7) is 0. The molecule has 0 aliphatic heterocycles. The first kappa shape index (κ1) is 11.8. The number of alkyl halides is 2. The largest absolute Gasteiger partial charge is 1.00 e. The molecule has 0 atom stereocenters. The van der Waals surface area contributed by atoms with Gasteiger partial charge in [-0.3, -0.25) is 0 Å². The minimum Gasteiger partial charge on any atom is -0.550 e. The summed E-state index contributed by atoms with van der Waals surface area (Å²) in [5.41, 5.74) is 0. The fourth-order valence-corrected chi connectivity index (χ4v) is 0.378. The summed E-state index contributed by atoms with van der Waals surface area (Å²) in [7, 11) is 0. The van der Waals surface area contributed by atoms with E-state index in [-0.39, 0.29) is 36.0 Å². The van der Waals surface area contributed by atoms with Crippen LogP contribution in [0.5, 0.6) is 0 Å². The standard InChI is InChI=1S/C3H4Cl2O2.Na/c4-2(5)1-3(6)7;/h2H,1H2,(H,6,7);/q;+1/p-1. The van der Waals surface area contributed by atoms with E-state index >= 15 is 0 Å². The second-order valence-corrected chi connectivity index (χ2v) is 2.24. The molecule has 0 N–H and O–H groups in total. The molecule has 0 saturated carbocycles. The van der Waals surface area contributed by atoms with Crippen LogP contribution in [0.4, 0.5) is 0 Å². The van der Waals surface area contributed by atoms with E-state index in [4.69, 9.17) is 23.2 Å². The third kappa shape index (κ3) is 10.1. The number of carboxylic acid groups (broad SMARTS) is 1. The second kappa shape index (κ2) is 6.17. The number of rotatable bonds is 2. The maximum Gasteiger partial charge on any atom is 1.00 e. The van der Waals surface area contributed by atoms with Gasteiger partial charge in [-0.15, -0.1) is 23.2 Å². The topological polar surface area (TPSA) is 40.1 Å². The Labute approximate surface area is 79.4 Å². The van der Waals surface area contributed by atoms with Gasteiger partial charge in [0.2, 0.25) is 0 Å². The summed E-state index contributed by atoms with van der Waals surface area (Å²) >= 11 is 10.0. The third-order valence-corrected chi connectivity index (χ3v) is 0.630. The number of hydrogen-bond donors (Lipinski definition) is 0. The quantitative estimate of drug-likeness (QED) is 0.322. The Bertz CT molecular complexity index is 75.7. The molecule has 0 aliphatic rings. The first-order valence-electron chi connectivity index (χ1n) is 1.61. The van der Waals surface area contributed by atoms with Crippen LogP contribution >= 0.6 is 23.2 Å². The molecule has 0 saturated heterocycles. The molecular weight excluding hydrogens is 162 g/mol. The van der Waals surface area contributed by atoms with E-state index in [1.807, 2.05) is 0 Å². The van der Waals surface area contributed by atoms with Gasteiger partial charge in [-0.25, -0.2) is 0 Å². The Morgan fingerprint density at radius 3 is 2.00 bits per heavy atom. The smallest absolute Gasteiger partial charge is 0.550 e. The van der Waals surface area contributed by atoms with E-state index in [0.29, 0.717) is 0 Å². The number of carbonyl (C=O) groups is 1. The van der Waals surface area contributed by atoms with E-state index in [1.165, 1.54) is 0 Å². The van der Waals surface area contributed by atoms with Crippen molar-refractivity contribution in [3.63, 3.8) is 0 Å². The Hall–Kier alpha value is 1.05. The molecule has 0 bridgehead atoms. The van der Waals surface area contributed by atoms with Gasteiger partial charge < -0.3 is 9.90 Å². The molecule has 0 radical (unpaired) electrons. The van der Waals surface area contributed by atoms with Crippen LogP contribution in [0.2, 0.25) is 0 Å². The van der Waals surface area contributed by atoms with Crippen molar-refractivity contribution in [3.8, 4) is 0 Å². The number of hydrogen-bond acceptors (Lipinski definition) is 2. The van der Waals surface area contributed by atoms with Gasteiger partial charge in [0.15, 0.2) is 0 Å². The summed E-state index contributed by atoms with van der Waals surface area (Å²) in [6.07, 6.45) is -0.302. The van der Waals surface area contributed by atoms with Crippen LogP contribution in [0.3, 0.4) is 0 Å². The van der Waals surface area contributed by atoms with E-state index in [9.17, 15) is 9.90 Å². The Kier molecular flexibility index (Phi) is 9.11. The summed E-state index contributed by atoms with van der Waals surface area (Å²) in [4.78, 5) is 8.69. The summed E-state index contributed by atoms with van der Waals surface area (Å²) in [6, 6.07) is 0. The van der Waals surface area contributed by atoms with Gasteiger partial charge in [0.25, 0.3) is 0 Å². The SMILES string of the molecule is O=C([O-])CC(Cl)Cl.[Na+]. The predicted octanol–water partition coefficient (Wildman–Crippen LogP) is -3.07. The van der Waals surface area contributed by atoms with Gasteiger partial charge in [-0.1, -0.05) is 0 Å². The summed E-state index contributed by atoms with van der Waals surface area (Å²) in [5.74, 6) is -1.23. The third-order valence-electron chi connectivity index (χ3n) is 0.321. The molecule has 0 aromatic carbocycles. The van der Waals surface area contributed by atoms with Crippen molar-refractivity contribution in [3.05, 3.63) is 0 Å². The normalized spacial score (nSPS) is 8.38. The fraction of sp³-hybridized carbons (Fsp3) is 0.667. The minimum absolute atomic E-state index is 0. The molecule has 0 fully saturated rings. The molecule has 0 rings (SSSR count). The van der Waals surface area contributed by atoms with Crippen molar-refractivity contribution in [2.45, 2.75) is 11.3 Å². The molecule has 8 heavy (non-hydrogen) atoms. The first-order chi connectivity index (χ1) is 3.13. The van der Waals surface area contributed by atoms with E-state index in [2.05, 4.69) is 0 Å². The van der Waals surface area contributed by atoms with Gasteiger partial charge in [-0.05, 0) is 0 Å². The molecule has 0 aromatic rings. The average Bonchev–Trinajstić information content (AvgIpc) is 1.27. The number of aliphatic carboxylic acids is 1. The van der Waals surface area contributed by atoms with E-state index in [1.54, 1.807) is 0 Å². The van der Waals surface area contributed by atoms with Gasteiger partial charge in [0.05, 0.1) is 0 Å². The number of carboxylic acids is 1. The molecule has 0 aromatic heterocycles. The van der Waals surface area contributed by atoms with E-state index in [0.717, 1.165) is 0 Å². The summed E-state index contributed by atoms with van der Waals surface area (Å²) in [5, 5.41) is 9.53.